The maximum Gasteiger partial charge on any atom is 0.303 e. The van der Waals surface area contributed by atoms with Crippen molar-refractivity contribution >= 4 is 41.0 Å². The fourth-order valence-electron chi connectivity index (χ4n) is 2.93. The highest BCUT2D eigenvalue weighted by atomic mass is 35.5. The second-order valence-electron chi connectivity index (χ2n) is 6.23. The van der Waals surface area contributed by atoms with Gasteiger partial charge in [-0.1, -0.05) is 23.2 Å². The van der Waals surface area contributed by atoms with Gasteiger partial charge in [-0.05, 0) is 43.0 Å². The summed E-state index contributed by atoms with van der Waals surface area (Å²) in [6.45, 7) is 0.257. The largest absolute Gasteiger partial charge is 0.481 e. The molecule has 0 aromatic heterocycles. The van der Waals surface area contributed by atoms with Crippen LogP contribution in [0.1, 0.15) is 44.1 Å². The Hall–Kier alpha value is -1.79. The van der Waals surface area contributed by atoms with Crippen LogP contribution in [0.4, 0.5) is 0 Å². The number of aliphatic carboxylic acids is 1. The topological polar surface area (TPSA) is 95.5 Å². The smallest absolute Gasteiger partial charge is 0.303 e. The summed E-state index contributed by atoms with van der Waals surface area (Å²) in [4.78, 5) is 34.5. The number of carboxylic acids is 1. The Morgan fingerprint density at radius 2 is 1.96 bits per heavy atom. The molecule has 8 heteroatoms. The highest BCUT2D eigenvalue weighted by Gasteiger charge is 2.37. The van der Waals surface area contributed by atoms with E-state index in [0.717, 1.165) is 5.56 Å². The van der Waals surface area contributed by atoms with E-state index in [0.29, 0.717) is 35.7 Å². The van der Waals surface area contributed by atoms with Gasteiger partial charge in [-0.25, -0.2) is 0 Å². The monoisotopic (exact) mass is 386 g/mol. The molecule has 2 rings (SSSR count). The quantitative estimate of drug-likeness (QED) is 0.639. The van der Waals surface area contributed by atoms with E-state index >= 15 is 0 Å². The summed E-state index contributed by atoms with van der Waals surface area (Å²) in [5, 5.41) is 15.6. The predicted octanol–water partition coefficient (Wildman–Crippen LogP) is 2.90. The van der Waals surface area contributed by atoms with E-state index in [1.54, 1.807) is 18.2 Å². The lowest BCUT2D eigenvalue weighted by molar-refractivity contribution is -0.137. The summed E-state index contributed by atoms with van der Waals surface area (Å²) in [7, 11) is 0. The minimum atomic E-state index is -0.916. The molecule has 1 saturated heterocycles. The predicted molar refractivity (Wildman–Crippen MR) is 94.5 cm³/mol. The van der Waals surface area contributed by atoms with E-state index in [1.165, 1.54) is 0 Å². The van der Waals surface area contributed by atoms with Crippen LogP contribution < -0.4 is 10.6 Å². The van der Waals surface area contributed by atoms with E-state index in [9.17, 15) is 14.4 Å². The average molecular weight is 387 g/mol. The Bertz CT molecular complexity index is 681. The number of carbonyl (C=O) groups is 3. The summed E-state index contributed by atoms with van der Waals surface area (Å²) < 4.78 is 0. The Balaban J connectivity index is 1.87. The van der Waals surface area contributed by atoms with Crippen LogP contribution in [0, 0.1) is 0 Å². The van der Waals surface area contributed by atoms with Crippen LogP contribution in [-0.2, 0) is 20.9 Å². The van der Waals surface area contributed by atoms with Crippen LogP contribution >= 0.6 is 23.2 Å². The van der Waals surface area contributed by atoms with Gasteiger partial charge in [0.05, 0.1) is 0 Å². The first-order valence-corrected chi connectivity index (χ1v) is 8.79. The molecule has 2 amide bonds. The van der Waals surface area contributed by atoms with Crippen LogP contribution in [0.2, 0.25) is 10.0 Å². The van der Waals surface area contributed by atoms with Crippen molar-refractivity contribution in [3.05, 3.63) is 33.8 Å². The lowest BCUT2D eigenvalue weighted by Gasteiger charge is -2.28. The second kappa shape index (κ2) is 8.54. The van der Waals surface area contributed by atoms with E-state index in [2.05, 4.69) is 10.6 Å². The zero-order chi connectivity index (χ0) is 18.4. The third-order valence-corrected chi connectivity index (χ3v) is 4.97. The molecule has 1 heterocycles. The molecule has 1 aliphatic heterocycles. The third kappa shape index (κ3) is 5.90. The third-order valence-electron chi connectivity index (χ3n) is 4.37. The number of hydrogen-bond donors (Lipinski definition) is 3. The summed E-state index contributed by atoms with van der Waals surface area (Å²) in [6.07, 6.45) is 1.78. The Kier molecular flexibility index (Phi) is 6.67. The molecule has 0 bridgehead atoms. The zero-order valence-electron chi connectivity index (χ0n) is 13.6. The molecule has 136 valence electrons. The normalized spacial score (nSPS) is 19.5. The maximum atomic E-state index is 12.1. The molecule has 1 aromatic rings. The summed E-state index contributed by atoms with van der Waals surface area (Å²) in [6, 6.07) is 5.03. The molecule has 1 atom stereocenters. The molecule has 0 saturated carbocycles. The molecule has 1 aliphatic rings. The van der Waals surface area contributed by atoms with Gasteiger partial charge < -0.3 is 15.7 Å². The van der Waals surface area contributed by atoms with E-state index in [1.807, 2.05) is 0 Å². The van der Waals surface area contributed by atoms with Crippen LogP contribution in [0.15, 0.2) is 18.2 Å². The van der Waals surface area contributed by atoms with Gasteiger partial charge in [0.15, 0.2) is 0 Å². The van der Waals surface area contributed by atoms with Crippen molar-refractivity contribution in [2.45, 2.75) is 50.6 Å². The highest BCUT2D eigenvalue weighted by molar-refractivity contribution is 6.33. The molecular formula is C17H20Cl2N2O4. The fraction of sp³-hybridized carbons (Fsp3) is 0.471. The number of hydrogen-bond acceptors (Lipinski definition) is 3. The SMILES string of the molecule is O=C(O)CC[C@@]1(CCC(=O)NCc2cc(Cl)ccc2Cl)CCC(=O)N1. The van der Waals surface area contributed by atoms with E-state index in [-0.39, 0.29) is 31.2 Å². The van der Waals surface area contributed by atoms with E-state index in [4.69, 9.17) is 28.3 Å². The molecule has 0 spiro atoms. The number of halogens is 2. The molecule has 0 radical (unpaired) electrons. The van der Waals surface area contributed by atoms with Crippen molar-refractivity contribution < 1.29 is 19.5 Å². The van der Waals surface area contributed by atoms with Gasteiger partial charge in [0.2, 0.25) is 11.8 Å². The second-order valence-corrected chi connectivity index (χ2v) is 7.08. The molecule has 6 nitrogen and oxygen atoms in total. The first-order chi connectivity index (χ1) is 11.8. The number of carboxylic acid groups (broad SMARTS) is 1. The lowest BCUT2D eigenvalue weighted by Crippen LogP contribution is -2.43. The van der Waals surface area contributed by atoms with Gasteiger partial charge in [-0.2, -0.15) is 0 Å². The molecule has 0 aliphatic carbocycles. The molecule has 1 fully saturated rings. The van der Waals surface area contributed by atoms with Gasteiger partial charge in [0.25, 0.3) is 0 Å². The maximum absolute atomic E-state index is 12.1. The van der Waals surface area contributed by atoms with Crippen molar-refractivity contribution in [1.29, 1.82) is 0 Å². The van der Waals surface area contributed by atoms with Gasteiger partial charge in [-0.15, -0.1) is 0 Å². The number of amides is 2. The zero-order valence-corrected chi connectivity index (χ0v) is 15.1. The van der Waals surface area contributed by atoms with Crippen LogP contribution in [0.3, 0.4) is 0 Å². The first-order valence-electron chi connectivity index (χ1n) is 8.03. The number of rotatable bonds is 8. The van der Waals surface area contributed by atoms with Crippen molar-refractivity contribution in [1.82, 2.24) is 10.6 Å². The minimum absolute atomic E-state index is 0.0416. The summed E-state index contributed by atoms with van der Waals surface area (Å²) in [5.74, 6) is -1.20. The van der Waals surface area contributed by atoms with Crippen LogP contribution in [0.5, 0.6) is 0 Å². The number of carbonyl (C=O) groups excluding carboxylic acids is 2. The van der Waals surface area contributed by atoms with E-state index < -0.39 is 11.5 Å². The van der Waals surface area contributed by atoms with Gasteiger partial charge in [-0.3, -0.25) is 14.4 Å². The molecule has 3 N–H and O–H groups in total. The summed E-state index contributed by atoms with van der Waals surface area (Å²) in [5.41, 5.74) is 0.109. The Morgan fingerprint density at radius 3 is 2.60 bits per heavy atom. The lowest BCUT2D eigenvalue weighted by atomic mass is 9.86. The van der Waals surface area contributed by atoms with Gasteiger partial charge in [0, 0.05) is 41.4 Å². The number of nitrogens with one attached hydrogen (secondary N) is 2. The number of benzene rings is 1. The molecule has 0 unspecified atom stereocenters. The highest BCUT2D eigenvalue weighted by Crippen LogP contribution is 2.30. The van der Waals surface area contributed by atoms with Gasteiger partial charge >= 0.3 is 5.97 Å². The standard InChI is InChI=1S/C17H20Cl2N2O4/c18-12-1-2-13(19)11(9-12)10-20-14(22)3-6-17(8-5-16(24)25)7-4-15(23)21-17/h1-2,9H,3-8,10H2,(H,20,22)(H,21,23)(H,24,25)/t17-/m1/s1. The van der Waals surface area contributed by atoms with Crippen molar-refractivity contribution in [3.8, 4) is 0 Å². The average Bonchev–Trinajstić information content (AvgIpc) is 2.94. The molecule has 1 aromatic carbocycles. The van der Waals surface area contributed by atoms with Gasteiger partial charge in [0.1, 0.15) is 0 Å². The fourth-order valence-corrected chi connectivity index (χ4v) is 3.31. The molecule has 25 heavy (non-hydrogen) atoms. The van der Waals surface area contributed by atoms with Crippen LogP contribution in [-0.4, -0.2) is 28.4 Å². The summed E-state index contributed by atoms with van der Waals surface area (Å²) >= 11 is 12.0. The van der Waals surface area contributed by atoms with Crippen molar-refractivity contribution in [3.63, 3.8) is 0 Å². The minimum Gasteiger partial charge on any atom is -0.481 e. The molecular weight excluding hydrogens is 367 g/mol. The van der Waals surface area contributed by atoms with Crippen LogP contribution in [0.25, 0.3) is 0 Å². The Labute approximate surface area is 155 Å². The van der Waals surface area contributed by atoms with Crippen molar-refractivity contribution in [2.75, 3.05) is 0 Å². The van der Waals surface area contributed by atoms with Crippen molar-refractivity contribution in [2.24, 2.45) is 0 Å². The first kappa shape index (κ1) is 19.5. The Morgan fingerprint density at radius 1 is 1.24 bits per heavy atom.